The van der Waals surface area contributed by atoms with Crippen molar-refractivity contribution in [3.63, 3.8) is 0 Å². The number of rotatable bonds is 60. The Kier molecular flexibility index (Phi) is 60.3. The molecule has 0 amide bonds. The highest BCUT2D eigenvalue weighted by Gasteiger charge is 2.27. The van der Waals surface area contributed by atoms with E-state index in [1.54, 1.807) is 0 Å². The topological polar surface area (TPSA) is 108 Å². The number of hydrogen-bond donors (Lipinski definition) is 1. The van der Waals surface area contributed by atoms with Crippen molar-refractivity contribution in [3.8, 4) is 0 Å². The lowest BCUT2D eigenvalue weighted by atomic mass is 10.0. The maximum atomic E-state index is 12.9. The number of ether oxygens (including phenoxy) is 2. The Hall–Kier alpha value is -4.11. The molecule has 0 aliphatic carbocycles. The zero-order chi connectivity index (χ0) is 61.2. The first-order valence-corrected chi connectivity index (χ1v) is 35.1. The van der Waals surface area contributed by atoms with Gasteiger partial charge >= 0.3 is 19.8 Å². The largest absolute Gasteiger partial charge is 0.472 e. The maximum Gasteiger partial charge on any atom is 0.472 e. The standard InChI is InChI=1S/C74H124NO8P/c1-6-8-10-12-14-16-18-20-22-24-26-28-30-32-33-34-35-36-37-38-39-40-41-43-45-47-49-51-53-55-57-59-61-63-65-67-74(77)83-72(71-82-84(78,79)81-69-68-75(3,4)5)70-80-73(76)66-64-62-60-58-56-54-52-50-48-46-44-42-31-29-27-25-23-21-19-17-15-13-11-9-7-2/h8-11,14-17,20-23,26-29,32-33,35-36,38-39,41,43,72H,6-7,12-13,18-19,24-25,30-31,34,37,40,42,44-71H2,1-5H3/p+1/b10-8-,11-9-,16-14-,17-15-,22-20-,23-21-,28-26-,29-27-,33-32-,36-35-,39-38-,43-41-. The molecule has 2 unspecified atom stereocenters. The van der Waals surface area contributed by atoms with Crippen LogP contribution in [0.15, 0.2) is 146 Å². The van der Waals surface area contributed by atoms with E-state index in [4.69, 9.17) is 18.5 Å². The molecule has 0 aromatic rings. The van der Waals surface area contributed by atoms with Crippen LogP contribution >= 0.6 is 7.82 Å². The Morgan fingerprint density at radius 1 is 0.369 bits per heavy atom. The molecule has 0 aromatic carbocycles. The molecule has 1 N–H and O–H groups in total. The molecule has 9 nitrogen and oxygen atoms in total. The summed E-state index contributed by atoms with van der Waals surface area (Å²) in [6.07, 6.45) is 93.6. The summed E-state index contributed by atoms with van der Waals surface area (Å²) in [6, 6.07) is 0. The average molecular weight is 1190 g/mol. The van der Waals surface area contributed by atoms with Crippen LogP contribution in [0.2, 0.25) is 0 Å². The van der Waals surface area contributed by atoms with Gasteiger partial charge in [-0.05, 0) is 116 Å². The van der Waals surface area contributed by atoms with Crippen molar-refractivity contribution >= 4 is 19.8 Å². The second-order valence-corrected chi connectivity index (χ2v) is 24.5. The highest BCUT2D eigenvalue weighted by atomic mass is 31.2. The lowest BCUT2D eigenvalue weighted by Crippen LogP contribution is -2.37. The molecule has 84 heavy (non-hydrogen) atoms. The number of carbonyl (C=O) groups excluding carboxylic acids is 2. The van der Waals surface area contributed by atoms with E-state index in [0.717, 1.165) is 122 Å². The summed E-state index contributed by atoms with van der Waals surface area (Å²) in [5, 5.41) is 0. The zero-order valence-corrected chi connectivity index (χ0v) is 55.2. The second kappa shape index (κ2) is 63.4. The quantitative estimate of drug-likeness (QED) is 0.0211. The summed E-state index contributed by atoms with van der Waals surface area (Å²) in [4.78, 5) is 35.9. The van der Waals surface area contributed by atoms with Crippen molar-refractivity contribution in [2.24, 2.45) is 0 Å². The molecule has 0 saturated heterocycles. The Bertz CT molecular complexity index is 1930. The van der Waals surface area contributed by atoms with Gasteiger partial charge in [0.15, 0.2) is 6.10 Å². The van der Waals surface area contributed by atoms with E-state index in [-0.39, 0.29) is 32.0 Å². The Morgan fingerprint density at radius 3 is 0.952 bits per heavy atom. The minimum Gasteiger partial charge on any atom is -0.462 e. The van der Waals surface area contributed by atoms with Gasteiger partial charge in [0.2, 0.25) is 0 Å². The summed E-state index contributed by atoms with van der Waals surface area (Å²) in [5.41, 5.74) is 0. The number of hydrogen-bond acceptors (Lipinski definition) is 7. The molecule has 0 aliphatic heterocycles. The fraction of sp³-hybridized carbons (Fsp3) is 0.649. The first-order valence-electron chi connectivity index (χ1n) is 33.6. The molecule has 0 rings (SSSR count). The van der Waals surface area contributed by atoms with Crippen LogP contribution < -0.4 is 0 Å². The second-order valence-electron chi connectivity index (χ2n) is 23.1. The number of unbranched alkanes of at least 4 members (excludes halogenated alkanes) is 22. The third-order valence-electron chi connectivity index (χ3n) is 13.9. The van der Waals surface area contributed by atoms with Gasteiger partial charge in [0.25, 0.3) is 0 Å². The predicted octanol–water partition coefficient (Wildman–Crippen LogP) is 21.8. The first kappa shape index (κ1) is 79.9. The fourth-order valence-corrected chi connectivity index (χ4v) is 9.53. The lowest BCUT2D eigenvalue weighted by Gasteiger charge is -2.24. The van der Waals surface area contributed by atoms with Gasteiger partial charge in [0.1, 0.15) is 19.8 Å². The van der Waals surface area contributed by atoms with E-state index in [9.17, 15) is 19.0 Å². The molecular weight excluding hydrogens is 1060 g/mol. The van der Waals surface area contributed by atoms with Gasteiger partial charge in [0, 0.05) is 12.8 Å². The summed E-state index contributed by atoms with van der Waals surface area (Å²) in [7, 11) is 1.46. The number of nitrogens with zero attached hydrogens (tertiary/aromatic N) is 1. The number of phosphoric acid groups is 1. The number of likely N-dealkylation sites (N-methyl/N-ethyl adjacent to an activating group) is 1. The minimum atomic E-state index is -4.40. The van der Waals surface area contributed by atoms with Gasteiger partial charge < -0.3 is 18.9 Å². The number of phosphoric ester groups is 1. The number of allylic oxidation sites excluding steroid dienone is 24. The van der Waals surface area contributed by atoms with Crippen molar-refractivity contribution in [1.29, 1.82) is 0 Å². The summed E-state index contributed by atoms with van der Waals surface area (Å²) < 4.78 is 34.7. The van der Waals surface area contributed by atoms with Gasteiger partial charge in [0.05, 0.1) is 27.7 Å². The van der Waals surface area contributed by atoms with Crippen LogP contribution in [0.25, 0.3) is 0 Å². The SMILES string of the molecule is CC/C=C\C/C=C\C/C=C\C/C=C\C/C=C\C/C=C\C/C=C\C/C=C\CCCCCCCCCCCCC(=O)OC(COC(=O)CCCCCCCCCCCCCC/C=C\C/C=C\C/C=C\C/C=C\CC)COP(=O)(O)OCC[N+](C)(C)C. The zero-order valence-electron chi connectivity index (χ0n) is 54.3. The molecule has 478 valence electrons. The van der Waals surface area contributed by atoms with E-state index in [1.165, 1.54) is 103 Å². The molecule has 0 aliphatic rings. The molecule has 0 fully saturated rings. The molecule has 10 heteroatoms. The van der Waals surface area contributed by atoms with E-state index < -0.39 is 26.5 Å². The number of esters is 2. The maximum absolute atomic E-state index is 12.9. The molecule has 0 heterocycles. The van der Waals surface area contributed by atoms with Crippen LogP contribution in [-0.4, -0.2) is 74.9 Å². The predicted molar refractivity (Wildman–Crippen MR) is 362 cm³/mol. The van der Waals surface area contributed by atoms with Crippen molar-refractivity contribution in [3.05, 3.63) is 146 Å². The molecule has 0 bridgehead atoms. The molecule has 0 spiro atoms. The van der Waals surface area contributed by atoms with Gasteiger partial charge in [-0.25, -0.2) is 4.57 Å². The lowest BCUT2D eigenvalue weighted by molar-refractivity contribution is -0.870. The van der Waals surface area contributed by atoms with Crippen LogP contribution in [0.3, 0.4) is 0 Å². The highest BCUT2D eigenvalue weighted by molar-refractivity contribution is 7.47. The van der Waals surface area contributed by atoms with E-state index in [0.29, 0.717) is 17.4 Å². The number of quaternary nitrogens is 1. The average Bonchev–Trinajstić information content (AvgIpc) is 3.61. The highest BCUT2D eigenvalue weighted by Crippen LogP contribution is 2.43. The third kappa shape index (κ3) is 67.0. The van der Waals surface area contributed by atoms with Crippen molar-refractivity contribution in [2.75, 3.05) is 47.5 Å². The minimum absolute atomic E-state index is 0.0237. The Balaban J connectivity index is 4.13. The van der Waals surface area contributed by atoms with Crippen molar-refractivity contribution in [2.45, 2.75) is 264 Å². The Labute approximate surface area is 516 Å². The molecule has 0 radical (unpaired) electrons. The van der Waals surface area contributed by atoms with E-state index in [1.807, 2.05) is 21.1 Å². The smallest absolute Gasteiger partial charge is 0.462 e. The molecular formula is C74H125NO8P+. The first-order chi connectivity index (χ1) is 41.0. The molecule has 0 aromatic heterocycles. The Morgan fingerprint density at radius 2 is 0.643 bits per heavy atom. The summed E-state index contributed by atoms with van der Waals surface area (Å²) in [5.74, 6) is -0.809. The van der Waals surface area contributed by atoms with Crippen LogP contribution in [0.4, 0.5) is 0 Å². The van der Waals surface area contributed by atoms with Crippen LogP contribution in [-0.2, 0) is 32.7 Å². The summed E-state index contributed by atoms with van der Waals surface area (Å²) >= 11 is 0. The van der Waals surface area contributed by atoms with Gasteiger partial charge in [-0.2, -0.15) is 0 Å². The van der Waals surface area contributed by atoms with E-state index >= 15 is 0 Å². The monoisotopic (exact) mass is 1190 g/mol. The van der Waals surface area contributed by atoms with Crippen LogP contribution in [0.1, 0.15) is 258 Å². The van der Waals surface area contributed by atoms with Crippen molar-refractivity contribution in [1.82, 2.24) is 0 Å². The normalized spacial score (nSPS) is 14.1. The van der Waals surface area contributed by atoms with Gasteiger partial charge in [-0.3, -0.25) is 18.6 Å². The molecule has 0 saturated carbocycles. The van der Waals surface area contributed by atoms with Gasteiger partial charge in [-0.1, -0.05) is 275 Å². The molecule has 2 atom stereocenters. The van der Waals surface area contributed by atoms with Crippen LogP contribution in [0, 0.1) is 0 Å². The number of carbonyl (C=O) groups is 2. The van der Waals surface area contributed by atoms with E-state index in [2.05, 4.69) is 160 Å². The fourth-order valence-electron chi connectivity index (χ4n) is 8.79. The van der Waals surface area contributed by atoms with Gasteiger partial charge in [-0.15, -0.1) is 0 Å². The van der Waals surface area contributed by atoms with Crippen molar-refractivity contribution < 1.29 is 42.1 Å². The summed E-state index contributed by atoms with van der Waals surface area (Å²) in [6.45, 7) is 4.20. The van der Waals surface area contributed by atoms with Crippen LogP contribution in [0.5, 0.6) is 0 Å². The third-order valence-corrected chi connectivity index (χ3v) is 14.8.